The van der Waals surface area contributed by atoms with E-state index in [4.69, 9.17) is 9.72 Å². The summed E-state index contributed by atoms with van der Waals surface area (Å²) < 4.78 is 7.27. The molecule has 0 radical (unpaired) electrons. The highest BCUT2D eigenvalue weighted by Gasteiger charge is 2.23. The highest BCUT2D eigenvalue weighted by molar-refractivity contribution is 5.81. The smallest absolute Gasteiger partial charge is 0.242 e. The Kier molecular flexibility index (Phi) is 9.58. The molecule has 7 nitrogen and oxygen atoms in total. The van der Waals surface area contributed by atoms with Crippen molar-refractivity contribution >= 4 is 22.8 Å². The minimum absolute atomic E-state index is 0.0348. The second kappa shape index (κ2) is 13.3. The monoisotopic (exact) mass is 504 g/mol. The van der Waals surface area contributed by atoms with Gasteiger partial charge in [0.05, 0.1) is 24.6 Å². The van der Waals surface area contributed by atoms with Gasteiger partial charge in [0.15, 0.2) is 0 Å². The third-order valence-electron chi connectivity index (χ3n) is 7.47. The summed E-state index contributed by atoms with van der Waals surface area (Å²) in [5.74, 6) is 1.96. The Morgan fingerprint density at radius 2 is 1.78 bits per heavy atom. The van der Waals surface area contributed by atoms with Crippen LogP contribution < -0.4 is 10.1 Å². The number of nitrogens with zero attached hydrogens (tertiary/aromatic N) is 3. The van der Waals surface area contributed by atoms with E-state index in [2.05, 4.69) is 16.0 Å². The molecule has 0 atom stereocenters. The number of imidazole rings is 1. The first-order valence-corrected chi connectivity index (χ1v) is 13.6. The van der Waals surface area contributed by atoms with E-state index in [1.165, 1.54) is 19.3 Å². The summed E-state index contributed by atoms with van der Waals surface area (Å²) in [7, 11) is 3.59. The molecule has 4 rings (SSSR count). The van der Waals surface area contributed by atoms with Crippen LogP contribution >= 0.6 is 0 Å². The number of hydrogen-bond acceptors (Lipinski definition) is 4. The quantitative estimate of drug-likeness (QED) is 0.356. The number of hydrogen-bond donors (Lipinski definition) is 1. The molecule has 1 heterocycles. The van der Waals surface area contributed by atoms with Crippen molar-refractivity contribution in [2.24, 2.45) is 0 Å². The van der Waals surface area contributed by atoms with E-state index in [0.717, 1.165) is 66.7 Å². The zero-order chi connectivity index (χ0) is 26.0. The highest BCUT2D eigenvalue weighted by atomic mass is 16.5. The van der Waals surface area contributed by atoms with E-state index in [-0.39, 0.29) is 11.8 Å². The number of fused-ring (bicyclic) bond motifs is 1. The summed E-state index contributed by atoms with van der Waals surface area (Å²) in [4.78, 5) is 32.2. The zero-order valence-electron chi connectivity index (χ0n) is 22.2. The standard InChI is InChI=1S/C30H40N4O3/c1-33(24-11-5-3-6-12-24)30(36)22-34-27-14-9-8-13-26(27)32-28(34)15-7-4-10-20-31-29(35)21-23-16-18-25(37-2)19-17-23/h8-9,13-14,16-19,24H,3-7,10-12,15,20-22H2,1-2H3,(H,31,35). The number of unbranched alkanes of at least 4 members (excludes halogenated alkanes) is 2. The normalized spacial score (nSPS) is 14.0. The summed E-state index contributed by atoms with van der Waals surface area (Å²) in [6.07, 6.45) is 9.97. The molecular formula is C30H40N4O3. The number of para-hydroxylation sites is 2. The third-order valence-corrected chi connectivity index (χ3v) is 7.47. The van der Waals surface area contributed by atoms with Gasteiger partial charge in [-0.3, -0.25) is 9.59 Å². The lowest BCUT2D eigenvalue weighted by molar-refractivity contribution is -0.133. The molecule has 2 aromatic carbocycles. The van der Waals surface area contributed by atoms with Gasteiger partial charge in [-0.25, -0.2) is 4.98 Å². The van der Waals surface area contributed by atoms with Gasteiger partial charge in [0, 0.05) is 26.1 Å². The number of likely N-dealkylation sites (N-methyl/N-ethyl adjacent to an activating group) is 1. The molecule has 0 aliphatic heterocycles. The van der Waals surface area contributed by atoms with Gasteiger partial charge in [-0.1, -0.05) is 49.9 Å². The Labute approximate surface area is 220 Å². The van der Waals surface area contributed by atoms with Gasteiger partial charge in [0.2, 0.25) is 11.8 Å². The number of benzene rings is 2. The predicted molar refractivity (Wildman–Crippen MR) is 147 cm³/mol. The van der Waals surface area contributed by atoms with Gasteiger partial charge >= 0.3 is 0 Å². The number of carbonyl (C=O) groups is 2. The van der Waals surface area contributed by atoms with Crippen LogP contribution in [0.4, 0.5) is 0 Å². The van der Waals surface area contributed by atoms with Crippen LogP contribution in [0.5, 0.6) is 5.75 Å². The average molecular weight is 505 g/mol. The number of carbonyl (C=O) groups excluding carboxylic acids is 2. The van der Waals surface area contributed by atoms with Crippen LogP contribution in [-0.2, 0) is 29.0 Å². The molecule has 1 aromatic heterocycles. The van der Waals surface area contributed by atoms with E-state index >= 15 is 0 Å². The van der Waals surface area contributed by atoms with E-state index in [1.807, 2.05) is 54.4 Å². The lowest BCUT2D eigenvalue weighted by Gasteiger charge is -2.31. The Bertz CT molecular complexity index is 1170. The molecule has 2 amide bonds. The largest absolute Gasteiger partial charge is 0.497 e. The molecule has 1 saturated carbocycles. The topological polar surface area (TPSA) is 76.5 Å². The Hall–Kier alpha value is -3.35. The third kappa shape index (κ3) is 7.34. The Balaban J connectivity index is 1.25. The van der Waals surface area contributed by atoms with Crippen molar-refractivity contribution in [3.05, 3.63) is 59.9 Å². The van der Waals surface area contributed by atoms with Crippen molar-refractivity contribution in [1.29, 1.82) is 0 Å². The zero-order valence-corrected chi connectivity index (χ0v) is 22.2. The van der Waals surface area contributed by atoms with Crippen molar-refractivity contribution in [2.45, 2.75) is 76.8 Å². The van der Waals surface area contributed by atoms with Crippen LogP contribution in [0, 0.1) is 0 Å². The fourth-order valence-corrected chi connectivity index (χ4v) is 5.22. The number of amides is 2. The SMILES string of the molecule is COc1ccc(CC(=O)NCCCCCc2nc3ccccc3n2CC(=O)N(C)C2CCCCC2)cc1. The van der Waals surface area contributed by atoms with Crippen LogP contribution in [0.1, 0.15) is 62.8 Å². The minimum Gasteiger partial charge on any atom is -0.497 e. The first-order valence-electron chi connectivity index (χ1n) is 13.6. The van der Waals surface area contributed by atoms with Gasteiger partial charge in [0.25, 0.3) is 0 Å². The van der Waals surface area contributed by atoms with E-state index < -0.39 is 0 Å². The number of rotatable bonds is 12. The predicted octanol–water partition coefficient (Wildman–Crippen LogP) is 4.91. The molecule has 0 bridgehead atoms. The van der Waals surface area contributed by atoms with Crippen LogP contribution in [-0.4, -0.2) is 53.0 Å². The van der Waals surface area contributed by atoms with Crippen LogP contribution in [0.15, 0.2) is 48.5 Å². The van der Waals surface area contributed by atoms with Crippen molar-refractivity contribution in [1.82, 2.24) is 19.8 Å². The molecular weight excluding hydrogens is 464 g/mol. The Morgan fingerprint density at radius 3 is 2.54 bits per heavy atom. The van der Waals surface area contributed by atoms with Gasteiger partial charge in [-0.15, -0.1) is 0 Å². The lowest BCUT2D eigenvalue weighted by atomic mass is 9.94. The van der Waals surface area contributed by atoms with E-state index in [0.29, 0.717) is 25.6 Å². The van der Waals surface area contributed by atoms with Crippen LogP contribution in [0.25, 0.3) is 11.0 Å². The highest BCUT2D eigenvalue weighted by Crippen LogP contribution is 2.23. The number of methoxy groups -OCH3 is 1. The molecule has 1 N–H and O–H groups in total. The number of aryl methyl sites for hydroxylation is 1. The summed E-state index contributed by atoms with van der Waals surface area (Å²) in [6, 6.07) is 16.0. The lowest BCUT2D eigenvalue weighted by Crippen LogP contribution is -2.40. The second-order valence-corrected chi connectivity index (χ2v) is 10.1. The summed E-state index contributed by atoms with van der Waals surface area (Å²) in [5.41, 5.74) is 2.94. The maximum absolute atomic E-state index is 13.2. The summed E-state index contributed by atoms with van der Waals surface area (Å²) >= 11 is 0. The van der Waals surface area contributed by atoms with Gasteiger partial charge < -0.3 is 19.5 Å². The van der Waals surface area contributed by atoms with Crippen molar-refractivity contribution in [3.8, 4) is 5.75 Å². The molecule has 1 fully saturated rings. The molecule has 0 saturated heterocycles. The molecule has 37 heavy (non-hydrogen) atoms. The maximum Gasteiger partial charge on any atom is 0.242 e. The molecule has 3 aromatic rings. The van der Waals surface area contributed by atoms with E-state index in [1.54, 1.807) is 7.11 Å². The fraction of sp³-hybridized carbons (Fsp3) is 0.500. The molecule has 0 unspecified atom stereocenters. The van der Waals surface area contributed by atoms with Gasteiger partial charge in [-0.2, -0.15) is 0 Å². The molecule has 0 spiro atoms. The second-order valence-electron chi connectivity index (χ2n) is 10.1. The first-order chi connectivity index (χ1) is 18.0. The summed E-state index contributed by atoms with van der Waals surface area (Å²) in [5, 5.41) is 3.02. The molecule has 1 aliphatic carbocycles. The first kappa shape index (κ1) is 26.7. The fourth-order valence-electron chi connectivity index (χ4n) is 5.22. The van der Waals surface area contributed by atoms with Crippen molar-refractivity contribution < 1.29 is 14.3 Å². The minimum atomic E-state index is 0.0348. The number of aromatic nitrogens is 2. The molecule has 7 heteroatoms. The number of ether oxygens (including phenoxy) is 1. The molecule has 1 aliphatic rings. The van der Waals surface area contributed by atoms with Gasteiger partial charge in [-0.05, 0) is 55.5 Å². The van der Waals surface area contributed by atoms with Crippen molar-refractivity contribution in [2.75, 3.05) is 20.7 Å². The Morgan fingerprint density at radius 1 is 1.03 bits per heavy atom. The molecule has 198 valence electrons. The van der Waals surface area contributed by atoms with Crippen LogP contribution in [0.3, 0.4) is 0 Å². The average Bonchev–Trinajstić information content (AvgIpc) is 3.28. The van der Waals surface area contributed by atoms with Crippen molar-refractivity contribution in [3.63, 3.8) is 0 Å². The summed E-state index contributed by atoms with van der Waals surface area (Å²) in [6.45, 7) is 1.00. The van der Waals surface area contributed by atoms with E-state index in [9.17, 15) is 9.59 Å². The maximum atomic E-state index is 13.2. The number of nitrogens with one attached hydrogen (secondary N) is 1. The van der Waals surface area contributed by atoms with Crippen LogP contribution in [0.2, 0.25) is 0 Å². The van der Waals surface area contributed by atoms with Gasteiger partial charge in [0.1, 0.15) is 18.1 Å².